The van der Waals surface area contributed by atoms with Crippen molar-refractivity contribution in [1.29, 1.82) is 0 Å². The monoisotopic (exact) mass is 449 g/mol. The zero-order chi connectivity index (χ0) is 22.4. The summed E-state index contributed by atoms with van der Waals surface area (Å²) in [4.78, 5) is 15.1. The molecule has 0 aliphatic carbocycles. The fraction of sp³-hybridized carbons (Fsp3) is 0.304. The van der Waals surface area contributed by atoms with E-state index in [0.717, 1.165) is 22.2 Å². The highest BCUT2D eigenvalue weighted by molar-refractivity contribution is 7.09. The van der Waals surface area contributed by atoms with Crippen molar-refractivity contribution in [2.24, 2.45) is 0 Å². The van der Waals surface area contributed by atoms with Gasteiger partial charge >= 0.3 is 12.1 Å². The van der Waals surface area contributed by atoms with Crippen LogP contribution in [0.3, 0.4) is 0 Å². The van der Waals surface area contributed by atoms with Gasteiger partial charge in [0.05, 0.1) is 22.9 Å². The van der Waals surface area contributed by atoms with E-state index in [1.807, 2.05) is 25.1 Å². The summed E-state index contributed by atoms with van der Waals surface area (Å²) < 4.78 is 45.4. The largest absolute Gasteiger partial charge is 0.494 e. The van der Waals surface area contributed by atoms with Gasteiger partial charge in [0.2, 0.25) is 0 Å². The molecule has 0 bridgehead atoms. The maximum Gasteiger partial charge on any atom is 0.417 e. The second kappa shape index (κ2) is 9.96. The molecule has 2 aromatic carbocycles. The summed E-state index contributed by atoms with van der Waals surface area (Å²) in [5, 5.41) is 11.2. The normalized spacial score (nSPS) is 11.5. The Bertz CT molecular complexity index is 1050. The van der Waals surface area contributed by atoms with Gasteiger partial charge in [0.15, 0.2) is 0 Å². The zero-order valence-corrected chi connectivity index (χ0v) is 17.7. The van der Waals surface area contributed by atoms with Crippen molar-refractivity contribution in [3.05, 3.63) is 69.5 Å². The Balaban J connectivity index is 1.53. The summed E-state index contributed by atoms with van der Waals surface area (Å²) in [6.07, 6.45) is -2.58. The van der Waals surface area contributed by atoms with Crippen LogP contribution in [0.1, 0.15) is 34.5 Å². The number of aromatic nitrogens is 1. The summed E-state index contributed by atoms with van der Waals surface area (Å²) in [6.45, 7) is 2.36. The first-order chi connectivity index (χ1) is 14.7. The molecule has 1 heterocycles. The Labute approximate surface area is 182 Å². The molecule has 0 fully saturated rings. The van der Waals surface area contributed by atoms with Gasteiger partial charge in [-0.25, -0.2) is 4.98 Å². The van der Waals surface area contributed by atoms with Crippen molar-refractivity contribution in [3.63, 3.8) is 0 Å². The van der Waals surface area contributed by atoms with Gasteiger partial charge in [-0.15, -0.1) is 11.3 Å². The molecule has 0 unspecified atom stereocenters. The number of nitrogens with zero attached hydrogens (tertiary/aromatic N) is 1. The molecule has 0 radical (unpaired) electrons. The molecule has 1 N–H and O–H groups in total. The standard InChI is InChI=1S/C23H22F3NO3S/c1-15-13-17(10-8-16(15)9-11-22(28)29)30-12-4-7-21-27-20(14-31-21)18-5-2-3-6-19(18)23(24,25)26/h2-3,5-6,8,10,13-14H,4,7,9,11-12H2,1H3,(H,28,29). The number of carboxylic acid groups (broad SMARTS) is 1. The fourth-order valence-electron chi connectivity index (χ4n) is 3.20. The molecule has 3 rings (SSSR count). The number of ether oxygens (including phenoxy) is 1. The van der Waals surface area contributed by atoms with Crippen LogP contribution in [0.5, 0.6) is 5.75 Å². The van der Waals surface area contributed by atoms with Crippen LogP contribution < -0.4 is 4.74 Å². The first kappa shape index (κ1) is 22.8. The molecule has 0 aliphatic rings. The van der Waals surface area contributed by atoms with E-state index in [2.05, 4.69) is 4.98 Å². The molecule has 8 heteroatoms. The minimum absolute atomic E-state index is 0.0876. The lowest BCUT2D eigenvalue weighted by Gasteiger charge is -2.10. The topological polar surface area (TPSA) is 59.4 Å². The number of carbonyl (C=O) groups is 1. The summed E-state index contributed by atoms with van der Waals surface area (Å²) in [7, 11) is 0. The van der Waals surface area contributed by atoms with Gasteiger partial charge < -0.3 is 9.84 Å². The van der Waals surface area contributed by atoms with Gasteiger partial charge in [-0.2, -0.15) is 13.2 Å². The first-order valence-corrected chi connectivity index (χ1v) is 10.7. The molecule has 0 saturated carbocycles. The van der Waals surface area contributed by atoms with Gasteiger partial charge in [-0.1, -0.05) is 24.3 Å². The zero-order valence-electron chi connectivity index (χ0n) is 16.9. The summed E-state index contributed by atoms with van der Waals surface area (Å²) in [6, 6.07) is 11.0. The minimum atomic E-state index is -4.42. The van der Waals surface area contributed by atoms with Gasteiger partial charge in [0.25, 0.3) is 0 Å². The number of aliphatic carboxylic acids is 1. The summed E-state index contributed by atoms with van der Waals surface area (Å²) in [5.74, 6) is -0.123. The van der Waals surface area contributed by atoms with Crippen LogP contribution >= 0.6 is 11.3 Å². The summed E-state index contributed by atoms with van der Waals surface area (Å²) in [5.41, 5.74) is 1.70. The lowest BCUT2D eigenvalue weighted by molar-refractivity contribution is -0.137. The van der Waals surface area contributed by atoms with E-state index in [-0.39, 0.29) is 12.0 Å². The molecule has 1 aromatic heterocycles. The number of alkyl halides is 3. The predicted molar refractivity (Wildman–Crippen MR) is 114 cm³/mol. The number of thiazole rings is 1. The van der Waals surface area contributed by atoms with Gasteiger partial charge in [-0.3, -0.25) is 4.79 Å². The molecule has 0 spiro atoms. The molecule has 0 aliphatic heterocycles. The lowest BCUT2D eigenvalue weighted by Crippen LogP contribution is -2.07. The number of halogens is 3. The summed E-state index contributed by atoms with van der Waals surface area (Å²) >= 11 is 1.34. The Morgan fingerprint density at radius 2 is 1.94 bits per heavy atom. The molecular formula is C23H22F3NO3S. The van der Waals surface area contributed by atoms with Crippen LogP contribution in [0.15, 0.2) is 47.8 Å². The van der Waals surface area contributed by atoms with E-state index in [0.29, 0.717) is 37.3 Å². The number of carboxylic acids is 1. The van der Waals surface area contributed by atoms with E-state index in [4.69, 9.17) is 9.84 Å². The Morgan fingerprint density at radius 3 is 2.65 bits per heavy atom. The quantitative estimate of drug-likeness (QED) is 0.397. The molecule has 0 atom stereocenters. The molecule has 0 amide bonds. The fourth-order valence-corrected chi connectivity index (χ4v) is 4.04. The molecule has 3 aromatic rings. The highest BCUT2D eigenvalue weighted by Crippen LogP contribution is 2.37. The van der Waals surface area contributed by atoms with Gasteiger partial charge in [0.1, 0.15) is 5.75 Å². The van der Waals surface area contributed by atoms with E-state index in [9.17, 15) is 18.0 Å². The van der Waals surface area contributed by atoms with Crippen molar-refractivity contribution in [3.8, 4) is 17.0 Å². The SMILES string of the molecule is Cc1cc(OCCCc2nc(-c3ccccc3C(F)(F)F)cs2)ccc1CCC(=O)O. The number of aryl methyl sites for hydroxylation is 3. The van der Waals surface area contributed by atoms with Crippen LogP contribution in [0, 0.1) is 6.92 Å². The Morgan fingerprint density at radius 1 is 1.16 bits per heavy atom. The number of benzene rings is 2. The number of hydrogen-bond donors (Lipinski definition) is 1. The molecule has 164 valence electrons. The molecule has 31 heavy (non-hydrogen) atoms. The third-order valence-electron chi connectivity index (χ3n) is 4.79. The second-order valence-electron chi connectivity index (χ2n) is 7.10. The molecule has 0 saturated heterocycles. The van der Waals surface area contributed by atoms with Crippen LogP contribution in [-0.2, 0) is 23.8 Å². The highest BCUT2D eigenvalue weighted by atomic mass is 32.1. The number of rotatable bonds is 9. The van der Waals surface area contributed by atoms with Crippen LogP contribution in [0.25, 0.3) is 11.3 Å². The third-order valence-corrected chi connectivity index (χ3v) is 5.69. The van der Waals surface area contributed by atoms with Crippen LogP contribution in [-0.4, -0.2) is 22.7 Å². The predicted octanol–water partition coefficient (Wildman–Crippen LogP) is 6.17. The average molecular weight is 449 g/mol. The van der Waals surface area contributed by atoms with Crippen LogP contribution in [0.4, 0.5) is 13.2 Å². The Hall–Kier alpha value is -2.87. The van der Waals surface area contributed by atoms with Crippen LogP contribution in [0.2, 0.25) is 0 Å². The van der Waals surface area contributed by atoms with Crippen molar-refractivity contribution in [1.82, 2.24) is 4.98 Å². The lowest BCUT2D eigenvalue weighted by atomic mass is 10.0. The second-order valence-corrected chi connectivity index (χ2v) is 8.05. The molecular weight excluding hydrogens is 427 g/mol. The van der Waals surface area contributed by atoms with E-state index < -0.39 is 17.7 Å². The third kappa shape index (κ3) is 6.30. The maximum absolute atomic E-state index is 13.2. The van der Waals surface area contributed by atoms with Crippen molar-refractivity contribution >= 4 is 17.3 Å². The Kier molecular flexibility index (Phi) is 7.33. The van der Waals surface area contributed by atoms with E-state index >= 15 is 0 Å². The average Bonchev–Trinajstić information content (AvgIpc) is 3.18. The van der Waals surface area contributed by atoms with Gasteiger partial charge in [0, 0.05) is 23.8 Å². The van der Waals surface area contributed by atoms with Crippen molar-refractivity contribution < 1.29 is 27.8 Å². The van der Waals surface area contributed by atoms with Crippen molar-refractivity contribution in [2.75, 3.05) is 6.61 Å². The highest BCUT2D eigenvalue weighted by Gasteiger charge is 2.33. The first-order valence-electron chi connectivity index (χ1n) is 9.79. The van der Waals surface area contributed by atoms with E-state index in [1.165, 1.54) is 23.5 Å². The van der Waals surface area contributed by atoms with E-state index in [1.54, 1.807) is 11.4 Å². The maximum atomic E-state index is 13.2. The minimum Gasteiger partial charge on any atom is -0.494 e. The van der Waals surface area contributed by atoms with Crippen molar-refractivity contribution in [2.45, 2.75) is 38.8 Å². The van der Waals surface area contributed by atoms with Gasteiger partial charge in [-0.05, 0) is 49.1 Å². The molecule has 4 nitrogen and oxygen atoms in total. The number of hydrogen-bond acceptors (Lipinski definition) is 4. The smallest absolute Gasteiger partial charge is 0.417 e.